The summed E-state index contributed by atoms with van der Waals surface area (Å²) in [4.78, 5) is 2.80. The van der Waals surface area contributed by atoms with E-state index in [1.807, 2.05) is 83.1 Å². The summed E-state index contributed by atoms with van der Waals surface area (Å²) in [6.45, 7) is 24.0. The molecule has 0 saturated carbocycles. The lowest BCUT2D eigenvalue weighted by molar-refractivity contribution is 1.50. The van der Waals surface area contributed by atoms with E-state index in [1.165, 1.54) is 40.0 Å². The van der Waals surface area contributed by atoms with E-state index in [1.54, 1.807) is 0 Å². The first kappa shape index (κ1) is 42.3. The molecule has 0 bridgehead atoms. The quantitative estimate of drug-likeness (QED) is 0.163. The first-order valence-electron chi connectivity index (χ1n) is 17.4. The van der Waals surface area contributed by atoms with Crippen LogP contribution in [0.25, 0.3) is 40.0 Å². The van der Waals surface area contributed by atoms with Crippen molar-refractivity contribution in [2.45, 2.75) is 83.1 Å². The predicted molar refractivity (Wildman–Crippen MR) is 221 cm³/mol. The lowest BCUT2D eigenvalue weighted by atomic mass is 10.2. The van der Waals surface area contributed by atoms with Gasteiger partial charge in [0.15, 0.2) is 23.9 Å². The van der Waals surface area contributed by atoms with E-state index < -0.39 is 0 Å². The molecule has 1 atom stereocenters. The van der Waals surface area contributed by atoms with Crippen LogP contribution in [0.3, 0.4) is 0 Å². The Balaban J connectivity index is 0.000000675. The van der Waals surface area contributed by atoms with Gasteiger partial charge in [0, 0.05) is 43.2 Å². The van der Waals surface area contributed by atoms with Crippen molar-refractivity contribution in [3.05, 3.63) is 145 Å². The zero-order valence-electron chi connectivity index (χ0n) is 30.7. The van der Waals surface area contributed by atoms with Crippen molar-refractivity contribution < 1.29 is 0 Å². The Labute approximate surface area is 287 Å². The van der Waals surface area contributed by atoms with Gasteiger partial charge in [0.1, 0.15) is 5.38 Å². The minimum Gasteiger partial charge on any atom is -0.0683 e. The smallest absolute Gasteiger partial charge is 0.0683 e. The highest BCUT2D eigenvalue weighted by Gasteiger charge is 2.22. The highest BCUT2D eigenvalue weighted by Crippen LogP contribution is 2.47. The van der Waals surface area contributed by atoms with Gasteiger partial charge in [0.2, 0.25) is 0 Å². The minimum absolute atomic E-state index is 0.0594. The van der Waals surface area contributed by atoms with Crippen molar-refractivity contribution in [3.63, 3.8) is 0 Å². The van der Waals surface area contributed by atoms with Gasteiger partial charge >= 0.3 is 0 Å². The molecule has 0 nitrogen and oxygen atoms in total. The van der Waals surface area contributed by atoms with Crippen molar-refractivity contribution in [1.29, 1.82) is 0 Å². The molecule has 0 radical (unpaired) electrons. The summed E-state index contributed by atoms with van der Waals surface area (Å²) in [5.74, 6) is 0. The summed E-state index contributed by atoms with van der Waals surface area (Å²) in [5, 5.41) is 6.46. The molecule has 7 rings (SSSR count). The van der Waals surface area contributed by atoms with E-state index in [0.29, 0.717) is 0 Å². The lowest BCUT2D eigenvalue weighted by Gasteiger charge is -1.91. The van der Waals surface area contributed by atoms with Crippen molar-refractivity contribution in [1.82, 2.24) is 0 Å². The van der Waals surface area contributed by atoms with Crippen molar-refractivity contribution in [3.8, 4) is 9.79 Å². The third-order valence-corrected chi connectivity index (χ3v) is 10.4. The molecule has 0 aliphatic rings. The van der Waals surface area contributed by atoms with Crippen LogP contribution in [0.2, 0.25) is 0 Å². The first-order valence-corrected chi connectivity index (χ1v) is 19.9. The largest absolute Gasteiger partial charge is 0.187 e. The van der Waals surface area contributed by atoms with Gasteiger partial charge in [0.05, 0.1) is 0 Å². The first-order chi connectivity index (χ1) is 22.9. The fourth-order valence-electron chi connectivity index (χ4n) is 4.47. The van der Waals surface area contributed by atoms with E-state index in [4.69, 9.17) is 0 Å². The molecule has 7 aromatic rings. The Hall–Kier alpha value is -3.72. The van der Waals surface area contributed by atoms with Crippen LogP contribution in [-0.2, 0) is 0 Å². The van der Waals surface area contributed by atoms with Crippen molar-refractivity contribution >= 4 is 51.2 Å². The topological polar surface area (TPSA) is 0 Å². The highest BCUT2D eigenvalue weighted by molar-refractivity contribution is 7.50. The maximum Gasteiger partial charge on any atom is 0.187 e. The lowest BCUT2D eigenvalue weighted by Crippen LogP contribution is -1.68. The number of hydrogen-bond acceptors (Lipinski definition) is 0. The van der Waals surface area contributed by atoms with Crippen LogP contribution in [0.1, 0.15) is 83.1 Å². The highest BCUT2D eigenvalue weighted by atomic mass is 32.2. The molecule has 0 N–H and O–H groups in total. The Bertz CT molecular complexity index is 1640. The van der Waals surface area contributed by atoms with E-state index in [-0.39, 0.29) is 20.9 Å². The van der Waals surface area contributed by atoms with E-state index in [2.05, 4.69) is 145 Å². The fraction of sp³-hybridized carbons (Fsp3) is 0.273. The van der Waals surface area contributed by atoms with Gasteiger partial charge in [-0.15, -0.1) is 0 Å². The molecule has 0 spiro atoms. The van der Waals surface area contributed by atoms with Gasteiger partial charge < -0.3 is 0 Å². The summed E-state index contributed by atoms with van der Waals surface area (Å²) in [7, 11) is 0.213. The monoisotopic (exact) mass is 652 g/mol. The number of fused-ring (bicyclic) bond motifs is 4. The molecule has 2 heterocycles. The molecular weight excluding hydrogens is 593 g/mol. The third kappa shape index (κ3) is 11.3. The molecular formula is C44H60S2+2. The average Bonchev–Trinajstić information content (AvgIpc) is 3.77. The minimum atomic E-state index is 0.0594. The molecule has 2 heteroatoms. The van der Waals surface area contributed by atoms with E-state index in [0.717, 1.165) is 0 Å². The van der Waals surface area contributed by atoms with Crippen molar-refractivity contribution in [2.75, 3.05) is 0 Å². The molecule has 0 aliphatic heterocycles. The number of benzene rings is 5. The zero-order chi connectivity index (χ0) is 34.7. The van der Waals surface area contributed by atoms with Gasteiger partial charge in [-0.3, -0.25) is 0 Å². The molecule has 0 saturated heterocycles. The van der Waals surface area contributed by atoms with Gasteiger partial charge in [-0.1, -0.05) is 156 Å². The van der Waals surface area contributed by atoms with Crippen LogP contribution in [0.5, 0.6) is 0 Å². The van der Waals surface area contributed by atoms with Gasteiger partial charge in [-0.05, 0) is 60.7 Å². The summed E-state index contributed by atoms with van der Waals surface area (Å²) in [5.41, 5.74) is 0. The maximum absolute atomic E-state index is 2.31. The van der Waals surface area contributed by atoms with Crippen LogP contribution in [0.4, 0.5) is 0 Å². The molecule has 46 heavy (non-hydrogen) atoms. The van der Waals surface area contributed by atoms with Crippen LogP contribution in [0, 0.1) is 0 Å². The molecule has 0 amide bonds. The second-order valence-electron chi connectivity index (χ2n) is 8.10. The van der Waals surface area contributed by atoms with Crippen molar-refractivity contribution in [2.24, 2.45) is 0 Å². The number of thiophene rings is 2. The molecule has 2 aromatic heterocycles. The second-order valence-corrected chi connectivity index (χ2v) is 11.9. The van der Waals surface area contributed by atoms with Crippen LogP contribution < -0.4 is 0 Å². The Morgan fingerprint density at radius 3 is 1.11 bits per heavy atom. The second kappa shape index (κ2) is 26.5. The summed E-state index contributed by atoms with van der Waals surface area (Å²) < 4.78 is 4.36. The van der Waals surface area contributed by atoms with Gasteiger partial charge in [-0.25, -0.2) is 0 Å². The summed E-state index contributed by atoms with van der Waals surface area (Å²) >= 11 is 0. The molecule has 246 valence electrons. The number of hydrogen-bond donors (Lipinski definition) is 0. The molecule has 5 aromatic carbocycles. The summed E-state index contributed by atoms with van der Waals surface area (Å²) in [6.07, 6.45) is 0. The standard InChI is InChI=1S/C18H13S.C14H11S.6C2H6/c1-2-8-14(9-3-1)19-17-12-6-4-10-15(17)16-11-5-7-13-18(16)19;1-2-7-13(8-3-1)15-11-10-12-6-4-5-9-14(12)15;6*1-2/h1-13H;1-11H;6*1-2H3/q2*+1;;;;;;. The van der Waals surface area contributed by atoms with E-state index in [9.17, 15) is 0 Å². The SMILES string of the molecule is CC.CC.CC.CC.CC.CC.c1ccc(-[s+]2c3ccccc3c3ccccc32)cc1.c1ccc(-[s+]2ccc3ccccc32)cc1. The predicted octanol–water partition coefficient (Wildman–Crippen LogP) is 16.5. The zero-order valence-corrected chi connectivity index (χ0v) is 32.3. The van der Waals surface area contributed by atoms with Gasteiger partial charge in [-0.2, -0.15) is 0 Å². The third-order valence-electron chi connectivity index (χ3n) is 6.02. The van der Waals surface area contributed by atoms with Crippen LogP contribution in [-0.4, -0.2) is 0 Å². The molecule has 0 fully saturated rings. The Morgan fingerprint density at radius 1 is 0.304 bits per heavy atom. The van der Waals surface area contributed by atoms with Crippen LogP contribution in [0.15, 0.2) is 145 Å². The summed E-state index contributed by atoms with van der Waals surface area (Å²) in [6, 6.07) is 49.9. The maximum atomic E-state index is 2.31. The Kier molecular flexibility index (Phi) is 24.4. The fourth-order valence-corrected chi connectivity index (χ4v) is 8.77. The van der Waals surface area contributed by atoms with Gasteiger partial charge in [0.25, 0.3) is 0 Å². The number of rotatable bonds is 2. The Morgan fingerprint density at radius 2 is 0.652 bits per heavy atom. The average molecular weight is 653 g/mol. The molecule has 0 aliphatic carbocycles. The molecule has 1 unspecified atom stereocenters. The van der Waals surface area contributed by atoms with Crippen LogP contribution >= 0.6 is 20.9 Å². The normalized spacial score (nSPS) is 9.26. The van der Waals surface area contributed by atoms with E-state index >= 15 is 0 Å².